The van der Waals surface area contributed by atoms with Gasteiger partial charge in [-0.3, -0.25) is 4.79 Å². The Labute approximate surface area is 150 Å². The van der Waals surface area contributed by atoms with Crippen LogP contribution in [0.4, 0.5) is 8.78 Å². The van der Waals surface area contributed by atoms with Gasteiger partial charge in [0.05, 0.1) is 10.9 Å². The number of aryl methyl sites for hydroxylation is 2. The third-order valence-corrected chi connectivity index (χ3v) is 4.84. The molecule has 6 nitrogen and oxygen atoms in total. The van der Waals surface area contributed by atoms with Gasteiger partial charge < -0.3 is 14.5 Å². The summed E-state index contributed by atoms with van der Waals surface area (Å²) in [5, 5.41) is 0.539. The second-order valence-corrected chi connectivity index (χ2v) is 6.66. The number of thiophene rings is 1. The van der Waals surface area contributed by atoms with Crippen LogP contribution in [0.3, 0.4) is 0 Å². The lowest BCUT2D eigenvalue weighted by atomic mass is 10.2. The average molecular weight is 380 g/mol. The molecule has 2 aromatic heterocycles. The maximum absolute atomic E-state index is 12.2. The molecule has 0 unspecified atom stereocenters. The molecule has 0 atom stereocenters. The molecule has 0 spiro atoms. The van der Waals surface area contributed by atoms with Crippen molar-refractivity contribution in [1.29, 1.82) is 0 Å². The van der Waals surface area contributed by atoms with Gasteiger partial charge in [-0.1, -0.05) is 0 Å². The average Bonchev–Trinajstić information content (AvgIpc) is 2.87. The van der Waals surface area contributed by atoms with Crippen molar-refractivity contribution < 1.29 is 23.0 Å². The van der Waals surface area contributed by atoms with Crippen molar-refractivity contribution in [3.63, 3.8) is 0 Å². The van der Waals surface area contributed by atoms with Crippen LogP contribution in [0.1, 0.15) is 26.6 Å². The fraction of sp³-hybridized carbons (Fsp3) is 0.235. The summed E-state index contributed by atoms with van der Waals surface area (Å²) in [7, 11) is 0. The highest BCUT2D eigenvalue weighted by atomic mass is 32.1. The number of halogens is 2. The van der Waals surface area contributed by atoms with Crippen molar-refractivity contribution in [1.82, 2.24) is 9.97 Å². The molecule has 136 valence electrons. The molecule has 0 radical (unpaired) electrons. The van der Waals surface area contributed by atoms with Gasteiger partial charge in [0.15, 0.2) is 0 Å². The predicted molar refractivity (Wildman–Crippen MR) is 91.9 cm³/mol. The van der Waals surface area contributed by atoms with Crippen molar-refractivity contribution in [2.75, 3.05) is 0 Å². The van der Waals surface area contributed by atoms with E-state index in [-0.39, 0.29) is 29.3 Å². The summed E-state index contributed by atoms with van der Waals surface area (Å²) in [5.74, 6) is -0.499. The quantitative estimate of drug-likeness (QED) is 0.685. The number of fused-ring (bicyclic) bond motifs is 1. The normalized spacial score (nSPS) is 11.1. The number of hydrogen-bond acceptors (Lipinski definition) is 6. The van der Waals surface area contributed by atoms with Gasteiger partial charge in [-0.05, 0) is 43.7 Å². The number of aromatic amines is 1. The molecule has 3 aromatic rings. The summed E-state index contributed by atoms with van der Waals surface area (Å²) >= 11 is 1.40. The van der Waals surface area contributed by atoms with Crippen LogP contribution in [0.5, 0.6) is 5.75 Å². The van der Waals surface area contributed by atoms with Crippen molar-refractivity contribution >= 4 is 27.5 Å². The Kier molecular flexibility index (Phi) is 4.99. The van der Waals surface area contributed by atoms with Gasteiger partial charge >= 0.3 is 12.6 Å². The highest BCUT2D eigenvalue weighted by Crippen LogP contribution is 2.25. The largest absolute Gasteiger partial charge is 0.454 e. The molecule has 0 saturated carbocycles. The highest BCUT2D eigenvalue weighted by molar-refractivity contribution is 7.18. The smallest absolute Gasteiger partial charge is 0.387 e. The van der Waals surface area contributed by atoms with E-state index < -0.39 is 12.6 Å². The maximum atomic E-state index is 12.2. The lowest BCUT2D eigenvalue weighted by Gasteiger charge is -2.06. The van der Waals surface area contributed by atoms with Gasteiger partial charge in [0.25, 0.3) is 5.56 Å². The van der Waals surface area contributed by atoms with Crippen LogP contribution in [0, 0.1) is 13.8 Å². The summed E-state index contributed by atoms with van der Waals surface area (Å²) in [6.45, 7) is 0.610. The van der Waals surface area contributed by atoms with Crippen LogP contribution in [0.15, 0.2) is 29.1 Å². The molecule has 1 aromatic carbocycles. The van der Waals surface area contributed by atoms with E-state index in [1.54, 1.807) is 0 Å². The van der Waals surface area contributed by atoms with Crippen molar-refractivity contribution in [3.8, 4) is 5.75 Å². The van der Waals surface area contributed by atoms with E-state index in [1.165, 1.54) is 35.6 Å². The van der Waals surface area contributed by atoms with Crippen LogP contribution in [-0.4, -0.2) is 22.5 Å². The SMILES string of the molecule is Cc1sc2nc(COC(=O)c3ccc(OC(F)F)cc3)[nH]c(=O)c2c1C. The topological polar surface area (TPSA) is 81.3 Å². The molecule has 1 N–H and O–H groups in total. The standard InChI is InChI=1S/C17H14F2N2O4S/c1-8-9(2)26-15-13(8)14(22)20-12(21-15)7-24-16(23)10-3-5-11(6-4-10)25-17(18)19/h3-6,17H,7H2,1-2H3,(H,20,21,22). The molecule has 26 heavy (non-hydrogen) atoms. The van der Waals surface area contributed by atoms with Crippen LogP contribution in [0.2, 0.25) is 0 Å². The Morgan fingerprint density at radius 3 is 2.62 bits per heavy atom. The first kappa shape index (κ1) is 18.0. The Hall–Kier alpha value is -2.81. The molecule has 0 aliphatic carbocycles. The van der Waals surface area contributed by atoms with E-state index in [0.717, 1.165) is 10.4 Å². The van der Waals surface area contributed by atoms with Gasteiger partial charge in [0.1, 0.15) is 23.0 Å². The van der Waals surface area contributed by atoms with E-state index >= 15 is 0 Å². The summed E-state index contributed by atoms with van der Waals surface area (Å²) < 4.78 is 33.5. The highest BCUT2D eigenvalue weighted by Gasteiger charge is 2.14. The third-order valence-electron chi connectivity index (χ3n) is 3.74. The predicted octanol–water partition coefficient (Wildman–Crippen LogP) is 3.56. The van der Waals surface area contributed by atoms with Crippen LogP contribution in [-0.2, 0) is 11.3 Å². The number of carbonyl (C=O) groups excluding carboxylic acids is 1. The number of alkyl halides is 2. The molecule has 0 aliphatic heterocycles. The Balaban J connectivity index is 1.71. The van der Waals surface area contributed by atoms with Gasteiger partial charge in [0, 0.05) is 4.88 Å². The number of rotatable bonds is 5. The molecule has 3 rings (SSSR count). The van der Waals surface area contributed by atoms with E-state index in [2.05, 4.69) is 14.7 Å². The molecule has 2 heterocycles. The molecule has 0 fully saturated rings. The first-order valence-corrected chi connectivity index (χ1v) is 8.37. The number of H-pyrrole nitrogens is 1. The molecule has 0 amide bonds. The molecular weight excluding hydrogens is 366 g/mol. The zero-order chi connectivity index (χ0) is 18.8. The summed E-state index contributed by atoms with van der Waals surface area (Å²) in [5.41, 5.74) is 0.766. The van der Waals surface area contributed by atoms with Crippen molar-refractivity contribution in [2.45, 2.75) is 27.1 Å². The van der Waals surface area contributed by atoms with Gasteiger partial charge in [-0.25, -0.2) is 9.78 Å². The molecule has 0 saturated heterocycles. The van der Waals surface area contributed by atoms with Crippen LogP contribution < -0.4 is 10.3 Å². The Morgan fingerprint density at radius 1 is 1.27 bits per heavy atom. The van der Waals surface area contributed by atoms with Gasteiger partial charge in [0.2, 0.25) is 0 Å². The number of nitrogens with one attached hydrogen (secondary N) is 1. The fourth-order valence-electron chi connectivity index (χ4n) is 2.36. The fourth-order valence-corrected chi connectivity index (χ4v) is 3.41. The lowest BCUT2D eigenvalue weighted by Crippen LogP contribution is -2.14. The minimum absolute atomic E-state index is 0.0589. The summed E-state index contributed by atoms with van der Waals surface area (Å²) in [6.07, 6.45) is 0. The molecule has 0 bridgehead atoms. The maximum Gasteiger partial charge on any atom is 0.387 e. The van der Waals surface area contributed by atoms with Crippen LogP contribution in [0.25, 0.3) is 10.2 Å². The zero-order valence-electron chi connectivity index (χ0n) is 13.8. The van der Waals surface area contributed by atoms with Gasteiger partial charge in [-0.2, -0.15) is 8.78 Å². The van der Waals surface area contributed by atoms with E-state index in [1.807, 2.05) is 13.8 Å². The minimum atomic E-state index is -2.94. The molecular formula is C17H14F2N2O4S. The molecule has 9 heteroatoms. The number of esters is 1. The monoisotopic (exact) mass is 380 g/mol. The Bertz CT molecular complexity index is 1010. The first-order chi connectivity index (χ1) is 12.3. The second kappa shape index (κ2) is 7.20. The first-order valence-electron chi connectivity index (χ1n) is 7.56. The van der Waals surface area contributed by atoms with Gasteiger partial charge in [-0.15, -0.1) is 11.3 Å². The van der Waals surface area contributed by atoms with E-state index in [9.17, 15) is 18.4 Å². The van der Waals surface area contributed by atoms with Crippen molar-refractivity contribution in [3.05, 3.63) is 56.4 Å². The third kappa shape index (κ3) is 3.72. The van der Waals surface area contributed by atoms with Crippen LogP contribution >= 0.6 is 11.3 Å². The number of hydrogen-bond donors (Lipinski definition) is 1. The number of ether oxygens (including phenoxy) is 2. The number of benzene rings is 1. The summed E-state index contributed by atoms with van der Waals surface area (Å²) in [6, 6.07) is 5.11. The van der Waals surface area contributed by atoms with E-state index in [4.69, 9.17) is 4.74 Å². The number of aromatic nitrogens is 2. The minimum Gasteiger partial charge on any atom is -0.454 e. The molecule has 0 aliphatic rings. The second-order valence-electron chi connectivity index (χ2n) is 5.46. The number of nitrogens with zero attached hydrogens (tertiary/aromatic N) is 1. The Morgan fingerprint density at radius 2 is 1.96 bits per heavy atom. The van der Waals surface area contributed by atoms with Crippen molar-refractivity contribution in [2.24, 2.45) is 0 Å². The number of carbonyl (C=O) groups is 1. The summed E-state index contributed by atoms with van der Waals surface area (Å²) in [4.78, 5) is 32.7. The van der Waals surface area contributed by atoms with E-state index in [0.29, 0.717) is 10.2 Å². The lowest BCUT2D eigenvalue weighted by molar-refractivity contribution is -0.0498. The zero-order valence-corrected chi connectivity index (χ0v) is 14.7.